The summed E-state index contributed by atoms with van der Waals surface area (Å²) in [7, 11) is 4.11. The van der Waals surface area contributed by atoms with Gasteiger partial charge >= 0.3 is 0 Å². The van der Waals surface area contributed by atoms with Gasteiger partial charge in [-0.2, -0.15) is 0 Å². The Labute approximate surface area is 106 Å². The molecule has 0 saturated carbocycles. The zero-order valence-electron chi connectivity index (χ0n) is 11.8. The minimum absolute atomic E-state index is 0.558. The lowest BCUT2D eigenvalue weighted by molar-refractivity contribution is 0.0392. The number of ether oxygens (including phenoxy) is 1. The molecular formula is C14H28N2O. The second-order valence-corrected chi connectivity index (χ2v) is 6.20. The van der Waals surface area contributed by atoms with Crippen molar-refractivity contribution in [3.8, 4) is 0 Å². The maximum Gasteiger partial charge on any atom is 0.0620 e. The first-order valence-corrected chi connectivity index (χ1v) is 7.08. The van der Waals surface area contributed by atoms with Crippen molar-refractivity contribution in [1.82, 2.24) is 10.2 Å². The maximum atomic E-state index is 5.39. The Balaban J connectivity index is 1.95. The Bertz CT molecular complexity index is 232. The van der Waals surface area contributed by atoms with E-state index in [-0.39, 0.29) is 0 Å². The van der Waals surface area contributed by atoms with Gasteiger partial charge in [0.05, 0.1) is 6.61 Å². The van der Waals surface area contributed by atoms with E-state index in [0.717, 1.165) is 24.7 Å². The summed E-state index contributed by atoms with van der Waals surface area (Å²) >= 11 is 0. The summed E-state index contributed by atoms with van der Waals surface area (Å²) in [5.74, 6) is 0.660. The van der Waals surface area contributed by atoms with E-state index in [4.69, 9.17) is 4.74 Å². The highest BCUT2D eigenvalue weighted by molar-refractivity contribution is 4.96. The van der Waals surface area contributed by atoms with Crippen LogP contribution in [0, 0.1) is 5.92 Å². The Morgan fingerprint density at radius 3 is 2.29 bits per heavy atom. The summed E-state index contributed by atoms with van der Waals surface area (Å²) in [5.41, 5.74) is 0. The van der Waals surface area contributed by atoms with E-state index in [0.29, 0.717) is 12.0 Å². The maximum absolute atomic E-state index is 5.39. The van der Waals surface area contributed by atoms with Crippen molar-refractivity contribution in [2.24, 2.45) is 5.92 Å². The zero-order valence-corrected chi connectivity index (χ0v) is 11.8. The van der Waals surface area contributed by atoms with Crippen LogP contribution in [0.25, 0.3) is 0 Å². The molecule has 0 spiro atoms. The lowest BCUT2D eigenvalue weighted by atomic mass is 9.94. The van der Waals surface area contributed by atoms with Gasteiger partial charge in [0, 0.05) is 31.3 Å². The van der Waals surface area contributed by atoms with Crippen LogP contribution in [0.1, 0.15) is 39.5 Å². The molecule has 0 aliphatic carbocycles. The molecule has 3 unspecified atom stereocenters. The number of rotatable bonds is 5. The molecule has 2 aliphatic heterocycles. The van der Waals surface area contributed by atoms with Gasteiger partial charge in [-0.1, -0.05) is 13.8 Å². The van der Waals surface area contributed by atoms with Crippen LogP contribution in [-0.4, -0.2) is 49.8 Å². The molecular weight excluding hydrogens is 212 g/mol. The molecule has 2 fully saturated rings. The summed E-state index contributed by atoms with van der Waals surface area (Å²) in [4.78, 5) is 2.58. The molecule has 3 nitrogen and oxygen atoms in total. The summed E-state index contributed by atoms with van der Waals surface area (Å²) in [5, 5.41) is 3.72. The highest BCUT2D eigenvalue weighted by atomic mass is 16.5. The van der Waals surface area contributed by atoms with E-state index in [9.17, 15) is 0 Å². The number of hydrogen-bond acceptors (Lipinski definition) is 3. The fraction of sp³-hybridized carbons (Fsp3) is 1.00. The first-order valence-electron chi connectivity index (χ1n) is 7.08. The number of hydrogen-bond donors (Lipinski definition) is 1. The molecule has 3 heteroatoms. The molecule has 0 aromatic heterocycles. The van der Waals surface area contributed by atoms with Gasteiger partial charge in [-0.05, 0) is 38.6 Å². The van der Waals surface area contributed by atoms with Gasteiger partial charge in [-0.3, -0.25) is 4.90 Å². The van der Waals surface area contributed by atoms with Gasteiger partial charge in [-0.25, -0.2) is 0 Å². The summed E-state index contributed by atoms with van der Waals surface area (Å²) in [6.45, 7) is 5.46. The standard InChI is InChI=1S/C14H28N2O/c1-10(2)14(9-17-4)16(3)13-7-11-5-6-12(8-13)15-11/h10-15H,5-9H2,1-4H3. The third-order valence-electron chi connectivity index (χ3n) is 4.65. The van der Waals surface area contributed by atoms with Crippen LogP contribution in [-0.2, 0) is 4.74 Å². The minimum atomic E-state index is 0.558. The van der Waals surface area contributed by atoms with Gasteiger partial charge in [0.25, 0.3) is 0 Å². The molecule has 1 N–H and O–H groups in total. The van der Waals surface area contributed by atoms with E-state index in [1.165, 1.54) is 25.7 Å². The highest BCUT2D eigenvalue weighted by Gasteiger charge is 2.37. The fourth-order valence-electron chi connectivity index (χ4n) is 3.58. The first kappa shape index (κ1) is 13.3. The van der Waals surface area contributed by atoms with Crippen molar-refractivity contribution in [1.29, 1.82) is 0 Å². The number of likely N-dealkylation sites (N-methyl/N-ethyl adjacent to an activating group) is 1. The largest absolute Gasteiger partial charge is 0.383 e. The average molecular weight is 240 g/mol. The molecule has 2 aliphatic rings. The van der Waals surface area contributed by atoms with Crippen molar-refractivity contribution in [2.45, 2.75) is 63.7 Å². The van der Waals surface area contributed by atoms with Crippen LogP contribution >= 0.6 is 0 Å². The Kier molecular flexibility index (Phi) is 4.45. The number of fused-ring (bicyclic) bond motifs is 2. The molecule has 0 radical (unpaired) electrons. The van der Waals surface area contributed by atoms with Crippen molar-refractivity contribution < 1.29 is 4.74 Å². The number of nitrogens with one attached hydrogen (secondary N) is 1. The summed E-state index contributed by atoms with van der Waals surface area (Å²) < 4.78 is 5.39. The third kappa shape index (κ3) is 3.01. The lowest BCUT2D eigenvalue weighted by Gasteiger charge is -2.41. The lowest BCUT2D eigenvalue weighted by Crippen LogP contribution is -2.52. The molecule has 0 amide bonds. The second kappa shape index (κ2) is 5.68. The molecule has 0 aromatic carbocycles. The average Bonchev–Trinajstić information content (AvgIpc) is 2.64. The summed E-state index contributed by atoms with van der Waals surface area (Å²) in [6, 6.07) is 2.85. The van der Waals surface area contributed by atoms with E-state index in [1.54, 1.807) is 0 Å². The van der Waals surface area contributed by atoms with E-state index < -0.39 is 0 Å². The van der Waals surface area contributed by atoms with E-state index in [1.807, 2.05) is 7.11 Å². The quantitative estimate of drug-likeness (QED) is 0.794. The molecule has 2 rings (SSSR count). The molecule has 0 aromatic rings. The van der Waals surface area contributed by atoms with Crippen LogP contribution in [0.3, 0.4) is 0 Å². The smallest absolute Gasteiger partial charge is 0.0620 e. The molecule has 2 saturated heterocycles. The SMILES string of the molecule is COCC(C(C)C)N(C)C1CC2CCC(C1)N2. The number of piperidine rings is 1. The van der Waals surface area contributed by atoms with Crippen LogP contribution < -0.4 is 5.32 Å². The predicted octanol–water partition coefficient (Wildman–Crippen LogP) is 1.87. The molecule has 17 heavy (non-hydrogen) atoms. The first-order chi connectivity index (χ1) is 8.11. The zero-order chi connectivity index (χ0) is 12.4. The van der Waals surface area contributed by atoms with Gasteiger partial charge in [0.2, 0.25) is 0 Å². The topological polar surface area (TPSA) is 24.5 Å². The van der Waals surface area contributed by atoms with Gasteiger partial charge < -0.3 is 10.1 Å². The molecule has 100 valence electrons. The number of methoxy groups -OCH3 is 1. The third-order valence-corrected chi connectivity index (χ3v) is 4.65. The van der Waals surface area contributed by atoms with E-state index in [2.05, 4.69) is 31.1 Å². The van der Waals surface area contributed by atoms with Gasteiger partial charge in [0.1, 0.15) is 0 Å². The van der Waals surface area contributed by atoms with Gasteiger partial charge in [0.15, 0.2) is 0 Å². The monoisotopic (exact) mass is 240 g/mol. The van der Waals surface area contributed by atoms with Crippen molar-refractivity contribution in [3.05, 3.63) is 0 Å². The number of nitrogens with zero attached hydrogens (tertiary/aromatic N) is 1. The highest BCUT2D eigenvalue weighted by Crippen LogP contribution is 2.30. The van der Waals surface area contributed by atoms with Crippen molar-refractivity contribution >= 4 is 0 Å². The van der Waals surface area contributed by atoms with Crippen molar-refractivity contribution in [3.63, 3.8) is 0 Å². The Morgan fingerprint density at radius 2 is 1.82 bits per heavy atom. The molecule has 2 bridgehead atoms. The Hall–Kier alpha value is -0.120. The molecule has 2 heterocycles. The van der Waals surface area contributed by atoms with E-state index >= 15 is 0 Å². The minimum Gasteiger partial charge on any atom is -0.383 e. The second-order valence-electron chi connectivity index (χ2n) is 6.20. The van der Waals surface area contributed by atoms with Crippen LogP contribution in [0.4, 0.5) is 0 Å². The molecule has 3 atom stereocenters. The van der Waals surface area contributed by atoms with Crippen LogP contribution in [0.2, 0.25) is 0 Å². The fourth-order valence-corrected chi connectivity index (χ4v) is 3.58. The van der Waals surface area contributed by atoms with Gasteiger partial charge in [-0.15, -0.1) is 0 Å². The normalized spacial score (nSPS) is 34.6. The van der Waals surface area contributed by atoms with Crippen molar-refractivity contribution in [2.75, 3.05) is 20.8 Å². The van der Waals surface area contributed by atoms with Crippen LogP contribution in [0.15, 0.2) is 0 Å². The predicted molar refractivity (Wildman–Crippen MR) is 71.2 cm³/mol. The Morgan fingerprint density at radius 1 is 1.24 bits per heavy atom. The summed E-state index contributed by atoms with van der Waals surface area (Å²) in [6.07, 6.45) is 5.40. The van der Waals surface area contributed by atoms with Crippen LogP contribution in [0.5, 0.6) is 0 Å².